The van der Waals surface area contributed by atoms with Crippen molar-refractivity contribution in [2.24, 2.45) is 0 Å². The molecule has 0 aromatic heterocycles. The fourth-order valence-corrected chi connectivity index (χ4v) is 3.72. The Kier molecular flexibility index (Phi) is 11.8. The van der Waals surface area contributed by atoms with Gasteiger partial charge in [0.2, 0.25) is 11.8 Å². The minimum Gasteiger partial charge on any atom is -0.467 e. The quantitative estimate of drug-likeness (QED) is 0.120. The van der Waals surface area contributed by atoms with Crippen molar-refractivity contribution < 1.29 is 53.8 Å². The van der Waals surface area contributed by atoms with Crippen molar-refractivity contribution in [1.82, 2.24) is 21.3 Å². The van der Waals surface area contributed by atoms with Gasteiger partial charge in [0, 0.05) is 6.54 Å². The zero-order valence-corrected chi connectivity index (χ0v) is 21.0. The zero-order chi connectivity index (χ0) is 28.3. The highest BCUT2D eigenvalue weighted by atomic mass is 16.6. The molecule has 1 aliphatic heterocycles. The van der Waals surface area contributed by atoms with E-state index in [-0.39, 0.29) is 6.61 Å². The Labute approximate surface area is 218 Å². The number of rotatable bonds is 12. The van der Waals surface area contributed by atoms with Gasteiger partial charge in [-0.1, -0.05) is 30.3 Å². The van der Waals surface area contributed by atoms with Gasteiger partial charge in [-0.05, 0) is 12.5 Å². The number of ether oxygens (including phenoxy) is 3. The first-order chi connectivity index (χ1) is 18.0. The number of carbonyl (C=O) groups is 4. The molecule has 15 nitrogen and oxygen atoms in total. The topological polar surface area (TPSA) is 225 Å². The largest absolute Gasteiger partial charge is 0.467 e. The summed E-state index contributed by atoms with van der Waals surface area (Å²) in [6.07, 6.45) is -7.75. The van der Waals surface area contributed by atoms with Gasteiger partial charge in [-0.2, -0.15) is 0 Å². The molecule has 0 aliphatic carbocycles. The number of esters is 1. The van der Waals surface area contributed by atoms with E-state index in [1.54, 1.807) is 30.3 Å². The molecule has 1 fully saturated rings. The number of hydrogen-bond acceptors (Lipinski definition) is 12. The number of nitrogens with one attached hydrogen (secondary N) is 4. The van der Waals surface area contributed by atoms with Crippen LogP contribution in [0.5, 0.6) is 0 Å². The van der Waals surface area contributed by atoms with Gasteiger partial charge in [0.25, 0.3) is 0 Å². The van der Waals surface area contributed by atoms with Crippen LogP contribution in [-0.4, -0.2) is 114 Å². The molecule has 38 heavy (non-hydrogen) atoms. The summed E-state index contributed by atoms with van der Waals surface area (Å²) < 4.78 is 14.5. The van der Waals surface area contributed by atoms with Crippen LogP contribution in [-0.2, 0) is 35.2 Å². The van der Waals surface area contributed by atoms with E-state index in [0.717, 1.165) is 12.7 Å². The molecule has 8 N–H and O–H groups in total. The number of carbonyl (C=O) groups excluding carboxylic acids is 4. The van der Waals surface area contributed by atoms with Crippen molar-refractivity contribution in [1.29, 1.82) is 0 Å². The third-order valence-electron chi connectivity index (χ3n) is 5.87. The fourth-order valence-electron chi connectivity index (χ4n) is 3.72. The molecule has 15 heteroatoms. The molecule has 1 saturated heterocycles. The smallest absolute Gasteiger partial charge is 0.407 e. The van der Waals surface area contributed by atoms with Crippen LogP contribution in [0.1, 0.15) is 12.5 Å². The Morgan fingerprint density at radius 2 is 1.71 bits per heavy atom. The number of aliphatic hydroxyl groups is 4. The van der Waals surface area contributed by atoms with Crippen LogP contribution in [0.4, 0.5) is 4.79 Å². The molecule has 1 aromatic rings. The standard InChI is InChI=1S/C23H34N4O11/c1-13(20(33)36-2)27-17(30)9-26-23(18(31)15(10-28)38-21(34)19(23)32)12-25-16(29)8-24-22(35)37-11-14-6-4-3-5-7-14/h3-7,13,15,18-19,21,26,28,31-32,34H,8-12H2,1-2H3,(H,24,35)(H,25,29)(H,27,30)/t13-,15+,18+,19-,21-,23+/m0/s1. The summed E-state index contributed by atoms with van der Waals surface area (Å²) in [5, 5.41) is 50.8. The molecule has 1 aromatic carbocycles. The second-order valence-corrected chi connectivity index (χ2v) is 8.54. The monoisotopic (exact) mass is 542 g/mol. The van der Waals surface area contributed by atoms with Crippen molar-refractivity contribution >= 4 is 23.9 Å². The molecule has 212 valence electrons. The number of methoxy groups -OCH3 is 1. The molecule has 0 spiro atoms. The van der Waals surface area contributed by atoms with Gasteiger partial charge in [0.05, 0.1) is 32.3 Å². The molecule has 0 bridgehead atoms. The lowest BCUT2D eigenvalue weighted by Gasteiger charge is -2.50. The maximum atomic E-state index is 12.4. The van der Waals surface area contributed by atoms with Gasteiger partial charge in [-0.3, -0.25) is 14.9 Å². The number of aliphatic hydroxyl groups excluding tert-OH is 4. The van der Waals surface area contributed by atoms with Crippen LogP contribution in [0, 0.1) is 0 Å². The van der Waals surface area contributed by atoms with Crippen LogP contribution in [0.2, 0.25) is 0 Å². The van der Waals surface area contributed by atoms with Crippen molar-refractivity contribution in [3.63, 3.8) is 0 Å². The minimum absolute atomic E-state index is 0.0171. The van der Waals surface area contributed by atoms with E-state index in [0.29, 0.717) is 0 Å². The third kappa shape index (κ3) is 8.34. The van der Waals surface area contributed by atoms with Gasteiger partial charge >= 0.3 is 12.1 Å². The van der Waals surface area contributed by atoms with E-state index < -0.39 is 86.3 Å². The molecule has 6 atom stereocenters. The summed E-state index contributed by atoms with van der Waals surface area (Å²) in [5.74, 6) is -2.21. The molecule has 2 rings (SSSR count). The summed E-state index contributed by atoms with van der Waals surface area (Å²) >= 11 is 0. The highest BCUT2D eigenvalue weighted by Gasteiger charge is 2.55. The Balaban J connectivity index is 2.01. The first kappa shape index (κ1) is 30.9. The van der Waals surface area contributed by atoms with Gasteiger partial charge < -0.3 is 50.6 Å². The van der Waals surface area contributed by atoms with E-state index in [1.165, 1.54) is 6.92 Å². The van der Waals surface area contributed by atoms with E-state index in [4.69, 9.17) is 9.47 Å². The maximum Gasteiger partial charge on any atom is 0.407 e. The maximum absolute atomic E-state index is 12.4. The van der Waals surface area contributed by atoms with Gasteiger partial charge in [0.1, 0.15) is 31.0 Å². The van der Waals surface area contributed by atoms with E-state index >= 15 is 0 Å². The Morgan fingerprint density at radius 3 is 2.34 bits per heavy atom. The Morgan fingerprint density at radius 1 is 1.03 bits per heavy atom. The van der Waals surface area contributed by atoms with Crippen LogP contribution in [0.15, 0.2) is 30.3 Å². The van der Waals surface area contributed by atoms with Gasteiger partial charge in [-0.25, -0.2) is 9.59 Å². The number of benzene rings is 1. The second kappa shape index (κ2) is 14.6. The highest BCUT2D eigenvalue weighted by molar-refractivity contribution is 5.85. The van der Waals surface area contributed by atoms with Gasteiger partial charge in [-0.15, -0.1) is 0 Å². The molecular formula is C23H34N4O11. The predicted molar refractivity (Wildman–Crippen MR) is 128 cm³/mol. The molecule has 0 unspecified atom stereocenters. The van der Waals surface area contributed by atoms with Crippen molar-refractivity contribution in [2.45, 2.75) is 49.7 Å². The lowest BCUT2D eigenvalue weighted by Crippen LogP contribution is -2.77. The van der Waals surface area contributed by atoms with Crippen LogP contribution in [0.25, 0.3) is 0 Å². The average Bonchev–Trinajstić information content (AvgIpc) is 2.92. The Bertz CT molecular complexity index is 951. The minimum atomic E-state index is -1.99. The first-order valence-electron chi connectivity index (χ1n) is 11.7. The lowest BCUT2D eigenvalue weighted by molar-refractivity contribution is -0.284. The molecule has 1 aliphatic rings. The molecule has 1 heterocycles. The third-order valence-corrected chi connectivity index (χ3v) is 5.87. The summed E-state index contributed by atoms with van der Waals surface area (Å²) in [4.78, 5) is 48.2. The average molecular weight is 543 g/mol. The molecule has 0 saturated carbocycles. The summed E-state index contributed by atoms with van der Waals surface area (Å²) in [6, 6.07) is 7.85. The van der Waals surface area contributed by atoms with Crippen molar-refractivity contribution in [3.8, 4) is 0 Å². The number of alkyl carbamates (subject to hydrolysis) is 1. The number of amides is 3. The van der Waals surface area contributed by atoms with Crippen LogP contribution < -0.4 is 21.3 Å². The predicted octanol–water partition coefficient (Wildman–Crippen LogP) is -3.53. The Hall–Kier alpha value is -3.34. The molecule has 0 radical (unpaired) electrons. The zero-order valence-electron chi connectivity index (χ0n) is 21.0. The lowest BCUT2D eigenvalue weighted by atomic mass is 9.80. The van der Waals surface area contributed by atoms with Crippen LogP contribution >= 0.6 is 0 Å². The number of hydrogen-bond donors (Lipinski definition) is 8. The van der Waals surface area contributed by atoms with Crippen molar-refractivity contribution in [2.75, 3.05) is 33.4 Å². The fraction of sp³-hybridized carbons (Fsp3) is 0.565. The summed E-state index contributed by atoms with van der Waals surface area (Å²) in [6.45, 7) is -1.08. The second-order valence-electron chi connectivity index (χ2n) is 8.54. The SMILES string of the molecule is COC(=O)[C@H](C)NC(=O)CN[C@]1(CNC(=O)CNC(=O)OCc2ccccc2)[C@H](O)[C@@H](CO)O[C@H](O)[C@@H]1O. The summed E-state index contributed by atoms with van der Waals surface area (Å²) in [7, 11) is 1.14. The molecule has 3 amide bonds. The van der Waals surface area contributed by atoms with E-state index in [2.05, 4.69) is 26.0 Å². The van der Waals surface area contributed by atoms with E-state index in [9.17, 15) is 39.6 Å². The van der Waals surface area contributed by atoms with Crippen LogP contribution in [0.3, 0.4) is 0 Å². The van der Waals surface area contributed by atoms with E-state index in [1.807, 2.05) is 0 Å². The normalized spacial score (nSPS) is 25.5. The van der Waals surface area contributed by atoms with Crippen molar-refractivity contribution in [3.05, 3.63) is 35.9 Å². The van der Waals surface area contributed by atoms with Gasteiger partial charge in [0.15, 0.2) is 6.29 Å². The first-order valence-corrected chi connectivity index (χ1v) is 11.7. The molecular weight excluding hydrogens is 508 g/mol. The highest BCUT2D eigenvalue weighted by Crippen LogP contribution is 2.29. The summed E-state index contributed by atoms with van der Waals surface area (Å²) in [5.41, 5.74) is -1.25.